The number of thiophene rings is 1. The van der Waals surface area contributed by atoms with Crippen LogP contribution in [0.25, 0.3) is 0 Å². The quantitative estimate of drug-likeness (QED) is 0.756. The fourth-order valence-electron chi connectivity index (χ4n) is 2.33. The standard InChI is InChI=1S/C17H16ClN3OS/c1-11-3-4-15(12(2)5-11)20-17(22)16-6-13(10-23-16)8-21-9-14(18)7-19-21/h3-7,9-10H,8H2,1-2H3,(H,20,22). The predicted molar refractivity (Wildman–Crippen MR) is 94.5 cm³/mol. The third-order valence-corrected chi connectivity index (χ3v) is 4.63. The van der Waals surface area contributed by atoms with Crippen molar-refractivity contribution in [2.24, 2.45) is 0 Å². The molecule has 1 amide bonds. The summed E-state index contributed by atoms with van der Waals surface area (Å²) in [5, 5.41) is 9.67. The SMILES string of the molecule is Cc1ccc(NC(=O)c2cc(Cn3cc(Cl)cn3)cs2)c(C)c1. The van der Waals surface area contributed by atoms with Gasteiger partial charge in [0.15, 0.2) is 0 Å². The summed E-state index contributed by atoms with van der Waals surface area (Å²) in [6.45, 7) is 4.62. The van der Waals surface area contributed by atoms with Gasteiger partial charge < -0.3 is 5.32 Å². The first-order valence-corrected chi connectivity index (χ1v) is 8.41. The Morgan fingerprint density at radius 2 is 2.17 bits per heavy atom. The minimum atomic E-state index is -0.0910. The second-order valence-electron chi connectivity index (χ2n) is 5.45. The van der Waals surface area contributed by atoms with Gasteiger partial charge in [-0.25, -0.2) is 0 Å². The van der Waals surface area contributed by atoms with Crippen LogP contribution in [0, 0.1) is 13.8 Å². The summed E-state index contributed by atoms with van der Waals surface area (Å²) in [4.78, 5) is 13.1. The average Bonchev–Trinajstić information content (AvgIpc) is 3.12. The maximum Gasteiger partial charge on any atom is 0.265 e. The van der Waals surface area contributed by atoms with E-state index >= 15 is 0 Å². The van der Waals surface area contributed by atoms with Crippen LogP contribution in [0.5, 0.6) is 0 Å². The number of anilines is 1. The highest BCUT2D eigenvalue weighted by Crippen LogP contribution is 2.21. The second-order valence-corrected chi connectivity index (χ2v) is 6.80. The van der Waals surface area contributed by atoms with Gasteiger partial charge >= 0.3 is 0 Å². The van der Waals surface area contributed by atoms with Crippen LogP contribution in [-0.4, -0.2) is 15.7 Å². The van der Waals surface area contributed by atoms with Crippen LogP contribution < -0.4 is 5.32 Å². The fourth-order valence-corrected chi connectivity index (χ4v) is 3.28. The van der Waals surface area contributed by atoms with Gasteiger partial charge in [0.1, 0.15) is 0 Å². The smallest absolute Gasteiger partial charge is 0.265 e. The Balaban J connectivity index is 1.70. The van der Waals surface area contributed by atoms with E-state index in [9.17, 15) is 4.79 Å². The van der Waals surface area contributed by atoms with Crippen molar-refractivity contribution in [3.63, 3.8) is 0 Å². The Bertz CT molecular complexity index is 853. The first kappa shape index (κ1) is 15.8. The zero-order valence-electron chi connectivity index (χ0n) is 12.8. The molecule has 0 spiro atoms. The molecule has 0 unspecified atom stereocenters. The predicted octanol–water partition coefficient (Wildman–Crippen LogP) is 4.52. The summed E-state index contributed by atoms with van der Waals surface area (Å²) in [5.74, 6) is -0.0910. The molecule has 0 radical (unpaired) electrons. The van der Waals surface area contributed by atoms with Gasteiger partial charge in [0.05, 0.1) is 22.6 Å². The molecule has 2 heterocycles. The number of carbonyl (C=O) groups excluding carboxylic acids is 1. The summed E-state index contributed by atoms with van der Waals surface area (Å²) in [6, 6.07) is 7.86. The van der Waals surface area contributed by atoms with Crippen LogP contribution >= 0.6 is 22.9 Å². The molecule has 3 aromatic rings. The molecule has 0 aliphatic rings. The first-order valence-electron chi connectivity index (χ1n) is 7.15. The Morgan fingerprint density at radius 1 is 1.35 bits per heavy atom. The minimum absolute atomic E-state index is 0.0910. The first-order chi connectivity index (χ1) is 11.0. The topological polar surface area (TPSA) is 46.9 Å². The molecule has 0 bridgehead atoms. The zero-order valence-corrected chi connectivity index (χ0v) is 14.4. The molecule has 1 aromatic carbocycles. The van der Waals surface area contributed by atoms with Crippen molar-refractivity contribution in [2.75, 3.05) is 5.32 Å². The Hall–Kier alpha value is -2.11. The number of amides is 1. The highest BCUT2D eigenvalue weighted by atomic mass is 35.5. The number of aryl methyl sites for hydroxylation is 2. The van der Waals surface area contributed by atoms with Gasteiger partial charge in [-0.3, -0.25) is 9.48 Å². The molecule has 0 aliphatic heterocycles. The van der Waals surface area contributed by atoms with Crippen molar-refractivity contribution < 1.29 is 4.79 Å². The van der Waals surface area contributed by atoms with Crippen molar-refractivity contribution in [1.82, 2.24) is 9.78 Å². The largest absolute Gasteiger partial charge is 0.321 e. The number of nitrogens with one attached hydrogen (secondary N) is 1. The number of halogens is 1. The zero-order chi connectivity index (χ0) is 16.4. The number of hydrogen-bond donors (Lipinski definition) is 1. The number of nitrogens with zero attached hydrogens (tertiary/aromatic N) is 2. The Labute approximate surface area is 143 Å². The van der Waals surface area contributed by atoms with Gasteiger partial charge in [-0.15, -0.1) is 11.3 Å². The summed E-state index contributed by atoms with van der Waals surface area (Å²) in [5.41, 5.74) is 4.10. The fraction of sp³-hybridized carbons (Fsp3) is 0.176. The summed E-state index contributed by atoms with van der Waals surface area (Å²) in [6.07, 6.45) is 3.36. The van der Waals surface area contributed by atoms with Crippen LogP contribution in [0.1, 0.15) is 26.4 Å². The minimum Gasteiger partial charge on any atom is -0.321 e. The van der Waals surface area contributed by atoms with Crippen LogP contribution in [0.4, 0.5) is 5.69 Å². The van der Waals surface area contributed by atoms with E-state index in [-0.39, 0.29) is 5.91 Å². The normalized spacial score (nSPS) is 10.7. The second kappa shape index (κ2) is 6.56. The molecule has 0 fully saturated rings. The van der Waals surface area contributed by atoms with Gasteiger partial charge in [-0.05, 0) is 42.5 Å². The number of aromatic nitrogens is 2. The Kier molecular flexibility index (Phi) is 4.50. The third kappa shape index (κ3) is 3.81. The maximum atomic E-state index is 12.4. The molecule has 118 valence electrons. The van der Waals surface area contributed by atoms with Crippen molar-refractivity contribution in [1.29, 1.82) is 0 Å². The number of rotatable bonds is 4. The molecular weight excluding hydrogens is 330 g/mol. The van der Waals surface area contributed by atoms with E-state index in [0.717, 1.165) is 16.8 Å². The monoisotopic (exact) mass is 345 g/mol. The van der Waals surface area contributed by atoms with Crippen molar-refractivity contribution in [3.05, 3.63) is 68.6 Å². The van der Waals surface area contributed by atoms with Gasteiger partial charge in [0.25, 0.3) is 5.91 Å². The number of benzene rings is 1. The van der Waals surface area contributed by atoms with Gasteiger partial charge in [0, 0.05) is 11.9 Å². The third-order valence-electron chi connectivity index (χ3n) is 3.45. The molecule has 1 N–H and O–H groups in total. The van der Waals surface area contributed by atoms with E-state index in [1.54, 1.807) is 17.1 Å². The summed E-state index contributed by atoms with van der Waals surface area (Å²) >= 11 is 7.28. The van der Waals surface area contributed by atoms with Crippen LogP contribution in [0.2, 0.25) is 5.02 Å². The summed E-state index contributed by atoms with van der Waals surface area (Å²) in [7, 11) is 0. The van der Waals surface area contributed by atoms with Crippen molar-refractivity contribution >= 4 is 34.5 Å². The average molecular weight is 346 g/mol. The maximum absolute atomic E-state index is 12.4. The van der Waals surface area contributed by atoms with Gasteiger partial charge in [-0.1, -0.05) is 29.3 Å². The van der Waals surface area contributed by atoms with E-state index < -0.39 is 0 Å². The van der Waals surface area contributed by atoms with Crippen molar-refractivity contribution in [2.45, 2.75) is 20.4 Å². The van der Waals surface area contributed by atoms with E-state index in [2.05, 4.69) is 16.5 Å². The molecular formula is C17H16ClN3OS. The lowest BCUT2D eigenvalue weighted by Crippen LogP contribution is -2.11. The van der Waals surface area contributed by atoms with Crippen LogP contribution in [-0.2, 0) is 6.54 Å². The lowest BCUT2D eigenvalue weighted by atomic mass is 10.1. The van der Waals surface area contributed by atoms with E-state index in [0.29, 0.717) is 16.4 Å². The van der Waals surface area contributed by atoms with Crippen LogP contribution in [0.3, 0.4) is 0 Å². The number of hydrogen-bond acceptors (Lipinski definition) is 3. The van der Waals surface area contributed by atoms with E-state index in [1.807, 2.05) is 37.4 Å². The lowest BCUT2D eigenvalue weighted by Gasteiger charge is -2.08. The van der Waals surface area contributed by atoms with Gasteiger partial charge in [-0.2, -0.15) is 5.10 Å². The Morgan fingerprint density at radius 3 is 2.87 bits per heavy atom. The van der Waals surface area contributed by atoms with Crippen molar-refractivity contribution in [3.8, 4) is 0 Å². The van der Waals surface area contributed by atoms with Crippen LogP contribution in [0.15, 0.2) is 42.0 Å². The molecule has 23 heavy (non-hydrogen) atoms. The molecule has 0 aliphatic carbocycles. The van der Waals surface area contributed by atoms with E-state index in [4.69, 9.17) is 11.6 Å². The highest BCUT2D eigenvalue weighted by Gasteiger charge is 2.11. The molecule has 0 saturated heterocycles. The lowest BCUT2D eigenvalue weighted by molar-refractivity contribution is 0.103. The number of carbonyl (C=O) groups is 1. The summed E-state index contributed by atoms with van der Waals surface area (Å²) < 4.78 is 1.75. The molecule has 4 nitrogen and oxygen atoms in total. The molecule has 6 heteroatoms. The molecule has 0 saturated carbocycles. The highest BCUT2D eigenvalue weighted by molar-refractivity contribution is 7.12. The van der Waals surface area contributed by atoms with Gasteiger partial charge in [0.2, 0.25) is 0 Å². The molecule has 3 rings (SSSR count). The molecule has 2 aromatic heterocycles. The molecule has 0 atom stereocenters. The van der Waals surface area contributed by atoms with E-state index in [1.165, 1.54) is 16.9 Å².